The number of amides is 1. The first kappa shape index (κ1) is 24.9. The van der Waals surface area contributed by atoms with E-state index in [9.17, 15) is 9.18 Å². The maximum atomic E-state index is 13.5. The van der Waals surface area contributed by atoms with Crippen molar-refractivity contribution in [2.24, 2.45) is 22.1 Å². The van der Waals surface area contributed by atoms with Crippen LogP contribution >= 0.6 is 11.6 Å². The van der Waals surface area contributed by atoms with Gasteiger partial charge in [0.05, 0.1) is 19.6 Å². The van der Waals surface area contributed by atoms with Crippen LogP contribution in [-0.2, 0) is 4.79 Å². The lowest BCUT2D eigenvalue weighted by Crippen LogP contribution is -2.26. The van der Waals surface area contributed by atoms with Gasteiger partial charge in [-0.05, 0) is 59.9 Å². The van der Waals surface area contributed by atoms with E-state index in [2.05, 4.69) is 23.6 Å². The van der Waals surface area contributed by atoms with E-state index >= 15 is 0 Å². The lowest BCUT2D eigenvalue weighted by Gasteiger charge is -2.19. The molecule has 0 bridgehead atoms. The molecule has 7 nitrogen and oxygen atoms in total. The van der Waals surface area contributed by atoms with Gasteiger partial charge in [-0.2, -0.15) is 5.10 Å². The summed E-state index contributed by atoms with van der Waals surface area (Å²) in [5.74, 6) is 5.61. The molecule has 1 aliphatic carbocycles. The van der Waals surface area contributed by atoms with Gasteiger partial charge in [0.25, 0.3) is 0 Å². The molecule has 0 unspecified atom stereocenters. The Labute approximate surface area is 202 Å². The Kier molecular flexibility index (Phi) is 7.32. The summed E-state index contributed by atoms with van der Waals surface area (Å²) in [6.45, 7) is 6.90. The fraction of sp³-hybridized carbons (Fsp3) is 0.200. The van der Waals surface area contributed by atoms with E-state index in [1.165, 1.54) is 0 Å². The highest BCUT2D eigenvalue weighted by Crippen LogP contribution is 2.55. The van der Waals surface area contributed by atoms with Crippen LogP contribution in [0.5, 0.6) is 11.5 Å². The van der Waals surface area contributed by atoms with Gasteiger partial charge in [-0.15, -0.1) is 0 Å². The topological polar surface area (TPSA) is 112 Å². The van der Waals surface area contributed by atoms with Crippen LogP contribution < -0.4 is 26.4 Å². The van der Waals surface area contributed by atoms with Crippen LogP contribution in [0.15, 0.2) is 77.2 Å². The summed E-state index contributed by atoms with van der Waals surface area (Å²) in [7, 11) is 3.09. The molecule has 3 rings (SSSR count). The molecule has 0 atom stereocenters. The van der Waals surface area contributed by atoms with Crippen LogP contribution in [0, 0.1) is 5.41 Å². The first-order valence-corrected chi connectivity index (χ1v) is 10.7. The fourth-order valence-corrected chi connectivity index (χ4v) is 4.02. The third-order valence-corrected chi connectivity index (χ3v) is 5.88. The first-order valence-electron chi connectivity index (χ1n) is 10.3. The van der Waals surface area contributed by atoms with E-state index in [1.54, 1.807) is 44.6 Å². The number of anilines is 1. The average Bonchev–Trinajstić information content (AvgIpc) is 3.63. The molecule has 0 radical (unpaired) electrons. The van der Waals surface area contributed by atoms with Crippen LogP contribution in [0.25, 0.3) is 11.1 Å². The fourth-order valence-electron chi connectivity index (χ4n) is 3.79. The highest BCUT2D eigenvalue weighted by molar-refractivity contribution is 6.32. The number of benzene rings is 2. The van der Waals surface area contributed by atoms with Gasteiger partial charge in [0.1, 0.15) is 5.83 Å². The maximum Gasteiger partial charge on any atom is 0.235 e. The van der Waals surface area contributed by atoms with Gasteiger partial charge in [0.15, 0.2) is 17.3 Å². The van der Waals surface area contributed by atoms with Gasteiger partial charge in [0, 0.05) is 16.3 Å². The van der Waals surface area contributed by atoms with E-state index in [0.29, 0.717) is 41.2 Å². The van der Waals surface area contributed by atoms with Crippen LogP contribution in [-0.4, -0.2) is 26.0 Å². The molecular weight excluding hydrogens is 459 g/mol. The maximum absolute atomic E-state index is 13.5. The van der Waals surface area contributed by atoms with E-state index in [-0.39, 0.29) is 16.8 Å². The van der Waals surface area contributed by atoms with Crippen molar-refractivity contribution in [3.05, 3.63) is 77.6 Å². The Balaban J connectivity index is 1.99. The minimum absolute atomic E-state index is 0.0745. The molecule has 0 saturated heterocycles. The molecule has 0 heterocycles. The normalized spacial score (nSPS) is 14.8. The number of nitrogens with zero attached hydrogens (tertiary/aromatic N) is 1. The van der Waals surface area contributed by atoms with E-state index < -0.39 is 11.2 Å². The molecule has 1 saturated carbocycles. The molecule has 0 aromatic heterocycles. The molecule has 9 heteroatoms. The number of amidine groups is 1. The summed E-state index contributed by atoms with van der Waals surface area (Å²) in [4.78, 5) is 13.2. The summed E-state index contributed by atoms with van der Waals surface area (Å²) in [5, 5.41) is 6.58. The summed E-state index contributed by atoms with van der Waals surface area (Å²) in [6.07, 6.45) is 2.16. The van der Waals surface area contributed by atoms with Crippen LogP contribution in [0.2, 0.25) is 0 Å². The number of methoxy groups -OCH3 is 2. The number of rotatable bonds is 9. The number of nitrogens with one attached hydrogen (secondary N) is 1. The smallest absolute Gasteiger partial charge is 0.235 e. The Morgan fingerprint density at radius 2 is 1.85 bits per heavy atom. The predicted molar refractivity (Wildman–Crippen MR) is 134 cm³/mol. The minimum atomic E-state index is -0.969. The van der Waals surface area contributed by atoms with Crippen molar-refractivity contribution >= 4 is 29.0 Å². The van der Waals surface area contributed by atoms with Crippen molar-refractivity contribution in [3.63, 3.8) is 0 Å². The second kappa shape index (κ2) is 10.0. The lowest BCUT2D eigenvalue weighted by atomic mass is 9.93. The van der Waals surface area contributed by atoms with Crippen molar-refractivity contribution in [2.75, 3.05) is 19.5 Å². The molecule has 1 aliphatic rings. The molecule has 1 amide bonds. The summed E-state index contributed by atoms with van der Waals surface area (Å²) in [5.41, 5.74) is 7.87. The van der Waals surface area contributed by atoms with Crippen molar-refractivity contribution < 1.29 is 18.7 Å². The molecule has 5 N–H and O–H groups in total. The van der Waals surface area contributed by atoms with Crippen molar-refractivity contribution in [1.82, 2.24) is 0 Å². The van der Waals surface area contributed by atoms with Crippen molar-refractivity contribution in [2.45, 2.75) is 12.8 Å². The van der Waals surface area contributed by atoms with Gasteiger partial charge < -0.3 is 26.4 Å². The molecule has 0 spiro atoms. The highest BCUT2D eigenvalue weighted by atomic mass is 35.5. The van der Waals surface area contributed by atoms with Gasteiger partial charge in [-0.3, -0.25) is 4.79 Å². The number of nitrogens with two attached hydrogens (primary N) is 2. The van der Waals surface area contributed by atoms with E-state index in [1.807, 2.05) is 6.07 Å². The largest absolute Gasteiger partial charge is 0.493 e. The molecule has 2 aromatic carbocycles. The second-order valence-corrected chi connectivity index (χ2v) is 8.25. The quantitative estimate of drug-likeness (QED) is 0.155. The average molecular weight is 485 g/mol. The Bertz CT molecular complexity index is 1220. The van der Waals surface area contributed by atoms with Crippen LogP contribution in [0.4, 0.5) is 10.1 Å². The summed E-state index contributed by atoms with van der Waals surface area (Å²) < 4.78 is 24.2. The zero-order valence-electron chi connectivity index (χ0n) is 19.0. The number of ether oxygens (including phenoxy) is 2. The van der Waals surface area contributed by atoms with E-state index in [4.69, 9.17) is 32.7 Å². The zero-order chi connectivity index (χ0) is 25.0. The molecule has 2 aromatic rings. The third-order valence-electron chi connectivity index (χ3n) is 5.68. The first-order chi connectivity index (χ1) is 16.2. The SMILES string of the molecule is C=C(F)/C=C(\C(=C)Cl)C1(C(=O)Nc2ccc(-c3ccc(OC)c(OC)c3)c(/C(N)=N/N)c2)CC1. The van der Waals surface area contributed by atoms with E-state index in [0.717, 1.165) is 17.2 Å². The monoisotopic (exact) mass is 484 g/mol. The van der Waals surface area contributed by atoms with Gasteiger partial charge in [-0.25, -0.2) is 4.39 Å². The zero-order valence-corrected chi connectivity index (χ0v) is 19.7. The number of hydrogen-bond acceptors (Lipinski definition) is 5. The van der Waals surface area contributed by atoms with Crippen LogP contribution in [0.3, 0.4) is 0 Å². The Morgan fingerprint density at radius 1 is 1.18 bits per heavy atom. The summed E-state index contributed by atoms with van der Waals surface area (Å²) in [6, 6.07) is 10.6. The molecule has 178 valence electrons. The number of hydrazone groups is 1. The molecular formula is C25H26ClFN4O3. The lowest BCUT2D eigenvalue weighted by molar-refractivity contribution is -0.119. The van der Waals surface area contributed by atoms with Crippen LogP contribution in [0.1, 0.15) is 18.4 Å². The predicted octanol–water partition coefficient (Wildman–Crippen LogP) is 4.83. The Morgan fingerprint density at radius 3 is 2.38 bits per heavy atom. The van der Waals surface area contributed by atoms with Crippen molar-refractivity contribution in [3.8, 4) is 22.6 Å². The van der Waals surface area contributed by atoms with Gasteiger partial charge in [-0.1, -0.05) is 36.9 Å². The Hall–Kier alpha value is -3.78. The molecule has 1 fully saturated rings. The van der Waals surface area contributed by atoms with Crippen molar-refractivity contribution in [1.29, 1.82) is 0 Å². The summed E-state index contributed by atoms with van der Waals surface area (Å²) >= 11 is 6.06. The minimum Gasteiger partial charge on any atom is -0.493 e. The van der Waals surface area contributed by atoms with Gasteiger partial charge >= 0.3 is 0 Å². The number of hydrogen-bond donors (Lipinski definition) is 3. The third kappa shape index (κ3) is 4.92. The molecule has 34 heavy (non-hydrogen) atoms. The van der Waals surface area contributed by atoms with Gasteiger partial charge in [0.2, 0.25) is 5.91 Å². The number of carbonyl (C=O) groups is 1. The second-order valence-electron chi connectivity index (χ2n) is 7.79. The number of halogens is 2. The highest BCUT2D eigenvalue weighted by Gasteiger charge is 2.53. The number of allylic oxidation sites excluding steroid dienone is 3. The number of carbonyl (C=O) groups excluding carboxylic acids is 1. The standard InChI is InChI=1S/C25H26ClFN4O3/c1-14(27)11-20(15(2)26)25(9-10-25)24(32)30-17-6-7-18(19(13-17)23(28)31-29)16-5-8-21(33-3)22(12-16)34-4/h5-8,11-13H,1-2,9-10,29H2,3-4H3,(H2,28,31)(H,30,32)/b20-11+. The molecule has 0 aliphatic heterocycles.